The van der Waals surface area contributed by atoms with Crippen molar-refractivity contribution in [3.8, 4) is 0 Å². The SMILES string of the molecule is Cc1ccc(CNC(=O)c2ccc(Cn3c(=O)c(=O)[nH]c4cccnc43)cc2)cc1. The fourth-order valence-electron chi connectivity index (χ4n) is 3.19. The summed E-state index contributed by atoms with van der Waals surface area (Å²) in [5, 5.41) is 2.90. The second-order valence-electron chi connectivity index (χ2n) is 7.09. The van der Waals surface area contributed by atoms with Gasteiger partial charge in [0.05, 0.1) is 12.1 Å². The Morgan fingerprint density at radius 3 is 2.43 bits per heavy atom. The van der Waals surface area contributed by atoms with Gasteiger partial charge in [0.25, 0.3) is 5.91 Å². The summed E-state index contributed by atoms with van der Waals surface area (Å²) in [5.41, 5.74) is 3.04. The van der Waals surface area contributed by atoms with Crippen molar-refractivity contribution in [3.63, 3.8) is 0 Å². The summed E-state index contributed by atoms with van der Waals surface area (Å²) in [6.07, 6.45) is 1.57. The Balaban J connectivity index is 1.50. The zero-order valence-corrected chi connectivity index (χ0v) is 16.4. The third-order valence-corrected chi connectivity index (χ3v) is 4.86. The number of benzene rings is 2. The lowest BCUT2D eigenvalue weighted by Gasteiger charge is -2.10. The van der Waals surface area contributed by atoms with Crippen molar-refractivity contribution in [1.29, 1.82) is 0 Å². The molecule has 0 aliphatic rings. The maximum atomic E-state index is 12.4. The van der Waals surface area contributed by atoms with E-state index in [1.165, 1.54) is 10.1 Å². The van der Waals surface area contributed by atoms with Gasteiger partial charge in [-0.05, 0) is 42.3 Å². The van der Waals surface area contributed by atoms with Crippen LogP contribution in [0.4, 0.5) is 0 Å². The van der Waals surface area contributed by atoms with Gasteiger partial charge < -0.3 is 10.3 Å². The Hall–Kier alpha value is -4.00. The molecule has 2 heterocycles. The standard InChI is InChI=1S/C23H20N4O3/c1-15-4-6-16(7-5-15)13-25-21(28)18-10-8-17(9-11-18)14-27-20-19(3-2-12-24-20)26-22(29)23(27)30/h2-12H,13-14H2,1H3,(H,25,28)(H,26,29). The number of carbonyl (C=O) groups is 1. The highest BCUT2D eigenvalue weighted by Crippen LogP contribution is 2.10. The summed E-state index contributed by atoms with van der Waals surface area (Å²) < 4.78 is 1.33. The van der Waals surface area contributed by atoms with Gasteiger partial charge in [0.2, 0.25) is 0 Å². The number of amides is 1. The molecule has 0 saturated carbocycles. The third-order valence-electron chi connectivity index (χ3n) is 4.86. The van der Waals surface area contributed by atoms with Crippen molar-refractivity contribution in [1.82, 2.24) is 19.9 Å². The monoisotopic (exact) mass is 400 g/mol. The van der Waals surface area contributed by atoms with E-state index >= 15 is 0 Å². The Morgan fingerprint density at radius 2 is 1.70 bits per heavy atom. The first-order valence-corrected chi connectivity index (χ1v) is 9.52. The second-order valence-corrected chi connectivity index (χ2v) is 7.09. The van der Waals surface area contributed by atoms with Crippen LogP contribution < -0.4 is 16.4 Å². The molecular formula is C23H20N4O3. The molecule has 2 aromatic heterocycles. The van der Waals surface area contributed by atoms with Gasteiger partial charge >= 0.3 is 11.1 Å². The van der Waals surface area contributed by atoms with Crippen molar-refractivity contribution in [3.05, 3.63) is 110 Å². The molecule has 30 heavy (non-hydrogen) atoms. The number of rotatable bonds is 5. The molecule has 2 aromatic carbocycles. The van der Waals surface area contributed by atoms with Crippen LogP contribution in [-0.4, -0.2) is 20.4 Å². The molecule has 0 aliphatic carbocycles. The Bertz CT molecular complexity index is 1320. The molecule has 0 bridgehead atoms. The molecular weight excluding hydrogens is 380 g/mol. The number of nitrogens with one attached hydrogen (secondary N) is 2. The van der Waals surface area contributed by atoms with Gasteiger partial charge in [-0.3, -0.25) is 19.0 Å². The lowest BCUT2D eigenvalue weighted by atomic mass is 10.1. The second kappa shape index (κ2) is 8.16. The molecule has 0 radical (unpaired) electrons. The van der Waals surface area contributed by atoms with Crippen molar-refractivity contribution >= 4 is 17.1 Å². The number of hydrogen-bond donors (Lipinski definition) is 2. The smallest absolute Gasteiger partial charge is 0.318 e. The fraction of sp³-hybridized carbons (Fsp3) is 0.130. The average molecular weight is 400 g/mol. The predicted octanol–water partition coefficient (Wildman–Crippen LogP) is 2.37. The summed E-state index contributed by atoms with van der Waals surface area (Å²) in [4.78, 5) is 43.4. The van der Waals surface area contributed by atoms with Crippen LogP contribution >= 0.6 is 0 Å². The van der Waals surface area contributed by atoms with Gasteiger partial charge in [0, 0.05) is 18.3 Å². The first-order chi connectivity index (χ1) is 14.5. The molecule has 1 amide bonds. The molecule has 0 aliphatic heterocycles. The van der Waals surface area contributed by atoms with E-state index in [1.807, 2.05) is 31.2 Å². The van der Waals surface area contributed by atoms with E-state index in [1.54, 1.807) is 42.6 Å². The van der Waals surface area contributed by atoms with Crippen molar-refractivity contribution < 1.29 is 4.79 Å². The first-order valence-electron chi connectivity index (χ1n) is 9.52. The minimum absolute atomic E-state index is 0.178. The summed E-state index contributed by atoms with van der Waals surface area (Å²) in [5.74, 6) is -0.178. The summed E-state index contributed by atoms with van der Waals surface area (Å²) in [6.45, 7) is 2.64. The van der Waals surface area contributed by atoms with E-state index in [0.717, 1.165) is 11.1 Å². The van der Waals surface area contributed by atoms with Crippen LogP contribution in [0.15, 0.2) is 76.4 Å². The number of aromatic amines is 1. The van der Waals surface area contributed by atoms with Crippen molar-refractivity contribution in [2.24, 2.45) is 0 Å². The van der Waals surface area contributed by atoms with E-state index in [2.05, 4.69) is 15.3 Å². The van der Waals surface area contributed by atoms with Crippen LogP contribution in [0.25, 0.3) is 11.2 Å². The van der Waals surface area contributed by atoms with E-state index in [4.69, 9.17) is 0 Å². The summed E-state index contributed by atoms with van der Waals surface area (Å²) in [7, 11) is 0. The van der Waals surface area contributed by atoms with E-state index in [9.17, 15) is 14.4 Å². The zero-order chi connectivity index (χ0) is 21.1. The van der Waals surface area contributed by atoms with Crippen LogP contribution in [0.1, 0.15) is 27.0 Å². The molecule has 0 fully saturated rings. The number of aryl methyl sites for hydroxylation is 1. The fourth-order valence-corrected chi connectivity index (χ4v) is 3.19. The van der Waals surface area contributed by atoms with Gasteiger partial charge in [-0.25, -0.2) is 4.98 Å². The van der Waals surface area contributed by atoms with Crippen LogP contribution in [0, 0.1) is 6.92 Å². The van der Waals surface area contributed by atoms with Crippen LogP contribution in [0.5, 0.6) is 0 Å². The summed E-state index contributed by atoms with van der Waals surface area (Å²) >= 11 is 0. The minimum atomic E-state index is -0.692. The van der Waals surface area contributed by atoms with E-state index in [0.29, 0.717) is 23.3 Å². The molecule has 0 atom stereocenters. The maximum absolute atomic E-state index is 12.4. The number of H-pyrrole nitrogens is 1. The molecule has 4 aromatic rings. The van der Waals surface area contributed by atoms with Gasteiger partial charge in [-0.1, -0.05) is 42.0 Å². The first kappa shape index (κ1) is 19.3. The molecule has 0 spiro atoms. The van der Waals surface area contributed by atoms with Gasteiger partial charge in [0.1, 0.15) is 0 Å². The lowest BCUT2D eigenvalue weighted by molar-refractivity contribution is 0.0951. The number of pyridine rings is 1. The minimum Gasteiger partial charge on any atom is -0.348 e. The highest BCUT2D eigenvalue weighted by Gasteiger charge is 2.10. The molecule has 2 N–H and O–H groups in total. The highest BCUT2D eigenvalue weighted by atomic mass is 16.2. The number of nitrogens with zero attached hydrogens (tertiary/aromatic N) is 2. The van der Waals surface area contributed by atoms with Crippen LogP contribution in [0.2, 0.25) is 0 Å². The largest absolute Gasteiger partial charge is 0.348 e. The molecule has 7 nitrogen and oxygen atoms in total. The quantitative estimate of drug-likeness (QED) is 0.503. The predicted molar refractivity (Wildman–Crippen MR) is 115 cm³/mol. The average Bonchev–Trinajstić information content (AvgIpc) is 2.77. The Morgan fingerprint density at radius 1 is 1.00 bits per heavy atom. The number of aromatic nitrogens is 3. The van der Waals surface area contributed by atoms with Crippen molar-refractivity contribution in [2.75, 3.05) is 0 Å². The van der Waals surface area contributed by atoms with Crippen LogP contribution in [-0.2, 0) is 13.1 Å². The van der Waals surface area contributed by atoms with Gasteiger partial charge in [0.15, 0.2) is 5.65 Å². The zero-order valence-electron chi connectivity index (χ0n) is 16.4. The molecule has 0 saturated heterocycles. The molecule has 7 heteroatoms. The molecule has 4 rings (SSSR count). The van der Waals surface area contributed by atoms with Crippen molar-refractivity contribution in [2.45, 2.75) is 20.0 Å². The number of fused-ring (bicyclic) bond motifs is 1. The van der Waals surface area contributed by atoms with E-state index in [-0.39, 0.29) is 12.5 Å². The Kier molecular flexibility index (Phi) is 5.26. The molecule has 0 unspecified atom stereocenters. The topological polar surface area (TPSA) is 96.9 Å². The Labute approximate surface area is 172 Å². The molecule has 150 valence electrons. The maximum Gasteiger partial charge on any atom is 0.318 e. The summed E-state index contributed by atoms with van der Waals surface area (Å²) in [6, 6.07) is 18.3. The van der Waals surface area contributed by atoms with Gasteiger partial charge in [-0.15, -0.1) is 0 Å². The highest BCUT2D eigenvalue weighted by molar-refractivity contribution is 5.94. The normalized spacial score (nSPS) is 10.8. The number of hydrogen-bond acceptors (Lipinski definition) is 4. The third kappa shape index (κ3) is 4.05. The lowest BCUT2D eigenvalue weighted by Crippen LogP contribution is -2.36. The van der Waals surface area contributed by atoms with E-state index < -0.39 is 11.1 Å². The van der Waals surface area contributed by atoms with Gasteiger partial charge in [-0.2, -0.15) is 0 Å². The van der Waals surface area contributed by atoms with Crippen LogP contribution in [0.3, 0.4) is 0 Å². The number of carbonyl (C=O) groups excluding carboxylic acids is 1.